The molecule has 16 heavy (non-hydrogen) atoms. The van der Waals surface area contributed by atoms with Crippen LogP contribution >= 0.6 is 27.3 Å². The molecule has 2 nitrogen and oxygen atoms in total. The van der Waals surface area contributed by atoms with Crippen LogP contribution in [0.5, 0.6) is 5.75 Å². The van der Waals surface area contributed by atoms with Crippen molar-refractivity contribution in [3.63, 3.8) is 0 Å². The highest BCUT2D eigenvalue weighted by atomic mass is 79.9. The quantitative estimate of drug-likeness (QED) is 0.849. The van der Waals surface area contributed by atoms with Crippen LogP contribution in [0.4, 0.5) is 8.78 Å². The Morgan fingerprint density at radius 3 is 2.44 bits per heavy atom. The van der Waals surface area contributed by atoms with Crippen LogP contribution in [0.2, 0.25) is 0 Å². The van der Waals surface area contributed by atoms with Crippen molar-refractivity contribution in [2.45, 2.75) is 6.61 Å². The first kappa shape index (κ1) is 11.5. The summed E-state index contributed by atoms with van der Waals surface area (Å²) in [6, 6.07) is 6.38. The first-order valence-corrected chi connectivity index (χ1v) is 5.98. The van der Waals surface area contributed by atoms with E-state index in [9.17, 15) is 8.78 Å². The second-order valence-electron chi connectivity index (χ2n) is 2.89. The maximum Gasteiger partial charge on any atom is 0.387 e. The molecule has 0 radical (unpaired) electrons. The molecule has 2 aromatic rings. The molecular weight excluding hydrogens is 300 g/mol. The van der Waals surface area contributed by atoms with Crippen LogP contribution in [-0.4, -0.2) is 11.6 Å². The predicted octanol–water partition coefficient (Wildman–Crippen LogP) is 4.17. The van der Waals surface area contributed by atoms with Crippen molar-refractivity contribution in [2.24, 2.45) is 0 Å². The number of nitrogens with zero attached hydrogens (tertiary/aromatic N) is 1. The summed E-state index contributed by atoms with van der Waals surface area (Å²) in [7, 11) is 0. The lowest BCUT2D eigenvalue weighted by molar-refractivity contribution is -0.0498. The normalized spacial score (nSPS) is 10.8. The molecule has 0 aliphatic rings. The van der Waals surface area contributed by atoms with Gasteiger partial charge in [0.05, 0.1) is 5.69 Å². The molecule has 0 fully saturated rings. The number of hydrogen-bond acceptors (Lipinski definition) is 3. The third-order valence-corrected chi connectivity index (χ3v) is 3.22. The smallest absolute Gasteiger partial charge is 0.387 e. The number of aromatic nitrogens is 1. The van der Waals surface area contributed by atoms with Crippen LogP contribution in [0.3, 0.4) is 0 Å². The Balaban J connectivity index is 2.19. The average molecular weight is 306 g/mol. The Hall–Kier alpha value is -1.01. The van der Waals surface area contributed by atoms with Crippen LogP contribution in [0.25, 0.3) is 11.3 Å². The van der Waals surface area contributed by atoms with Gasteiger partial charge in [0, 0.05) is 10.9 Å². The third-order valence-electron chi connectivity index (χ3n) is 1.85. The molecule has 0 spiro atoms. The molecule has 0 bridgehead atoms. The molecule has 0 unspecified atom stereocenters. The summed E-state index contributed by atoms with van der Waals surface area (Å²) in [5.74, 6) is 0.146. The Labute approximate surface area is 103 Å². The van der Waals surface area contributed by atoms with Gasteiger partial charge >= 0.3 is 6.61 Å². The molecule has 0 N–H and O–H groups in total. The Kier molecular flexibility index (Phi) is 3.50. The number of alkyl halides is 2. The minimum Gasteiger partial charge on any atom is -0.435 e. The van der Waals surface area contributed by atoms with Gasteiger partial charge in [-0.3, -0.25) is 0 Å². The molecule has 1 aromatic heterocycles. The minimum absolute atomic E-state index is 0.146. The fourth-order valence-electron chi connectivity index (χ4n) is 1.19. The number of hydrogen-bond donors (Lipinski definition) is 0. The van der Waals surface area contributed by atoms with Gasteiger partial charge in [-0.15, -0.1) is 11.3 Å². The first-order valence-electron chi connectivity index (χ1n) is 4.31. The van der Waals surface area contributed by atoms with Crippen LogP contribution in [-0.2, 0) is 0 Å². The fourth-order valence-corrected chi connectivity index (χ4v) is 2.21. The van der Waals surface area contributed by atoms with Crippen LogP contribution < -0.4 is 4.74 Å². The minimum atomic E-state index is -2.79. The molecule has 2 rings (SSSR count). The highest BCUT2D eigenvalue weighted by molar-refractivity contribution is 9.11. The molecule has 84 valence electrons. The summed E-state index contributed by atoms with van der Waals surface area (Å²) in [4.78, 5) is 4.22. The summed E-state index contributed by atoms with van der Waals surface area (Å²) >= 11 is 4.73. The molecule has 6 heteroatoms. The van der Waals surface area contributed by atoms with E-state index in [1.807, 2.05) is 5.38 Å². The summed E-state index contributed by atoms with van der Waals surface area (Å²) in [5.41, 5.74) is 1.67. The van der Waals surface area contributed by atoms with Gasteiger partial charge in [0.1, 0.15) is 5.75 Å². The largest absolute Gasteiger partial charge is 0.435 e. The van der Waals surface area contributed by atoms with Gasteiger partial charge in [0.2, 0.25) is 0 Å². The van der Waals surface area contributed by atoms with E-state index < -0.39 is 6.61 Å². The summed E-state index contributed by atoms with van der Waals surface area (Å²) in [6.45, 7) is -2.79. The topological polar surface area (TPSA) is 22.1 Å². The van der Waals surface area contributed by atoms with E-state index in [1.165, 1.54) is 23.5 Å². The molecule has 1 heterocycles. The molecular formula is C10H6BrF2NOS. The molecule has 1 aromatic carbocycles. The van der Waals surface area contributed by atoms with Crippen LogP contribution in [0, 0.1) is 0 Å². The summed E-state index contributed by atoms with van der Waals surface area (Å²) < 4.78 is 28.9. The van der Waals surface area contributed by atoms with Gasteiger partial charge in [-0.2, -0.15) is 8.78 Å². The van der Waals surface area contributed by atoms with E-state index in [2.05, 4.69) is 25.7 Å². The Morgan fingerprint density at radius 2 is 1.94 bits per heavy atom. The lowest BCUT2D eigenvalue weighted by atomic mass is 10.2. The number of benzene rings is 1. The fraction of sp³-hybridized carbons (Fsp3) is 0.100. The van der Waals surface area contributed by atoms with Gasteiger partial charge in [0.25, 0.3) is 0 Å². The van der Waals surface area contributed by atoms with Gasteiger partial charge in [-0.05, 0) is 40.2 Å². The number of ether oxygens (including phenoxy) is 1. The third kappa shape index (κ3) is 2.76. The SMILES string of the molecule is FC(F)Oc1ccc(-c2csc(Br)n2)cc1. The number of halogens is 3. The highest BCUT2D eigenvalue weighted by Crippen LogP contribution is 2.26. The zero-order chi connectivity index (χ0) is 11.5. The second-order valence-corrected chi connectivity index (χ2v) is 5.02. The monoisotopic (exact) mass is 305 g/mol. The lowest BCUT2D eigenvalue weighted by Crippen LogP contribution is -2.01. The molecule has 0 saturated carbocycles. The second kappa shape index (κ2) is 4.88. The van der Waals surface area contributed by atoms with Gasteiger partial charge in [-0.1, -0.05) is 0 Å². The van der Waals surface area contributed by atoms with Gasteiger partial charge in [-0.25, -0.2) is 4.98 Å². The Bertz CT molecular complexity index is 472. The summed E-state index contributed by atoms with van der Waals surface area (Å²) in [5, 5.41) is 1.88. The van der Waals surface area contributed by atoms with Crippen molar-refractivity contribution >= 4 is 27.3 Å². The first-order chi connectivity index (χ1) is 7.65. The van der Waals surface area contributed by atoms with Crippen LogP contribution in [0.15, 0.2) is 33.6 Å². The zero-order valence-electron chi connectivity index (χ0n) is 7.86. The van der Waals surface area contributed by atoms with Crippen molar-refractivity contribution in [3.05, 3.63) is 33.6 Å². The van der Waals surface area contributed by atoms with E-state index in [4.69, 9.17) is 0 Å². The molecule has 0 aliphatic heterocycles. The zero-order valence-corrected chi connectivity index (χ0v) is 10.3. The van der Waals surface area contributed by atoms with Crippen molar-refractivity contribution < 1.29 is 13.5 Å². The van der Waals surface area contributed by atoms with E-state index in [0.717, 1.165) is 15.2 Å². The van der Waals surface area contributed by atoms with Crippen molar-refractivity contribution in [1.82, 2.24) is 4.98 Å². The van der Waals surface area contributed by atoms with Gasteiger partial charge < -0.3 is 4.74 Å². The molecule has 0 aliphatic carbocycles. The highest BCUT2D eigenvalue weighted by Gasteiger charge is 2.06. The number of rotatable bonds is 3. The lowest BCUT2D eigenvalue weighted by Gasteiger charge is -2.04. The van der Waals surface area contributed by atoms with E-state index in [-0.39, 0.29) is 5.75 Å². The maximum atomic E-state index is 11.9. The van der Waals surface area contributed by atoms with E-state index in [1.54, 1.807) is 12.1 Å². The van der Waals surface area contributed by atoms with Crippen molar-refractivity contribution in [2.75, 3.05) is 0 Å². The number of thiazole rings is 1. The standard InChI is InChI=1S/C10H6BrF2NOS/c11-9-14-8(5-16-9)6-1-3-7(4-2-6)15-10(12)13/h1-5,10H. The average Bonchev–Trinajstić information content (AvgIpc) is 2.65. The van der Waals surface area contributed by atoms with Crippen molar-refractivity contribution in [3.8, 4) is 17.0 Å². The predicted molar refractivity (Wildman–Crippen MR) is 61.9 cm³/mol. The van der Waals surface area contributed by atoms with Crippen molar-refractivity contribution in [1.29, 1.82) is 0 Å². The van der Waals surface area contributed by atoms with Crippen LogP contribution in [0.1, 0.15) is 0 Å². The molecule has 0 atom stereocenters. The van der Waals surface area contributed by atoms with E-state index >= 15 is 0 Å². The van der Waals surface area contributed by atoms with E-state index in [0.29, 0.717) is 0 Å². The Morgan fingerprint density at radius 1 is 1.25 bits per heavy atom. The molecule has 0 amide bonds. The van der Waals surface area contributed by atoms with Gasteiger partial charge in [0.15, 0.2) is 3.92 Å². The molecule has 0 saturated heterocycles. The summed E-state index contributed by atoms with van der Waals surface area (Å²) in [6.07, 6.45) is 0. The maximum absolute atomic E-state index is 11.9.